The molecule has 0 spiro atoms. The van der Waals surface area contributed by atoms with Gasteiger partial charge in [0.1, 0.15) is 6.04 Å². The van der Waals surface area contributed by atoms with Crippen LogP contribution in [0.15, 0.2) is 18.5 Å². The molecule has 3 amide bonds. The van der Waals surface area contributed by atoms with Crippen molar-refractivity contribution in [2.45, 2.75) is 69.7 Å². The Morgan fingerprint density at radius 1 is 1.05 bits per heavy atom. The summed E-state index contributed by atoms with van der Waals surface area (Å²) in [6.45, 7) is 2.18. The Balaban J connectivity index is 0.000000376. The van der Waals surface area contributed by atoms with Crippen LogP contribution < -0.4 is 16.4 Å². The summed E-state index contributed by atoms with van der Waals surface area (Å²) in [6, 6.07) is -0.599. The fourth-order valence-corrected chi connectivity index (χ4v) is 3.00. The molecule has 1 atom stereocenters. The van der Waals surface area contributed by atoms with E-state index in [9.17, 15) is 44.3 Å². The summed E-state index contributed by atoms with van der Waals surface area (Å²) < 4.78 is 118. The molecule has 0 bridgehead atoms. The van der Waals surface area contributed by atoms with Crippen molar-refractivity contribution >= 4 is 18.1 Å². The lowest BCUT2D eigenvalue weighted by Gasteiger charge is -2.27. The molecule has 1 aliphatic heterocycles. The minimum Gasteiger partial charge on any atom is -0.384 e. The number of aromatic nitrogens is 3. The molecule has 1 saturated carbocycles. The average Bonchev–Trinajstić information content (AvgIpc) is 3.53. The summed E-state index contributed by atoms with van der Waals surface area (Å²) in [5, 5.41) is 7.95. The first kappa shape index (κ1) is 37.7. The van der Waals surface area contributed by atoms with Crippen molar-refractivity contribution in [1.29, 1.82) is 0 Å². The number of amides is 3. The maximum atomic E-state index is 12.7. The number of nitrogens with two attached hydrogens (primary N) is 1. The van der Waals surface area contributed by atoms with E-state index in [0.29, 0.717) is 30.8 Å². The number of primary amides is 1. The molecule has 43 heavy (non-hydrogen) atoms. The molecule has 2 aromatic heterocycles. The van der Waals surface area contributed by atoms with Crippen molar-refractivity contribution in [2.75, 3.05) is 26.9 Å². The van der Waals surface area contributed by atoms with Crippen LogP contribution in [0.4, 0.5) is 44.3 Å². The number of halogens is 9. The molecule has 2 aliphatic rings. The molecule has 3 heterocycles. The molecule has 246 valence electrons. The zero-order chi connectivity index (χ0) is 33.1. The third kappa shape index (κ3) is 13.7. The molecule has 2 fully saturated rings. The van der Waals surface area contributed by atoms with Gasteiger partial charge in [0.2, 0.25) is 6.41 Å². The van der Waals surface area contributed by atoms with Gasteiger partial charge in [0.25, 0.3) is 0 Å². The molecular formula is C24H33F9N6O4. The largest absolute Gasteiger partial charge is 0.416 e. The van der Waals surface area contributed by atoms with Gasteiger partial charge in [-0.1, -0.05) is 0 Å². The second-order valence-electron chi connectivity index (χ2n) is 9.65. The summed E-state index contributed by atoms with van der Waals surface area (Å²) in [5.74, 6) is -0.951. The molecule has 19 heteroatoms. The maximum Gasteiger partial charge on any atom is 0.416 e. The number of hydrogen-bond acceptors (Lipinski definition) is 6. The lowest BCUT2D eigenvalue weighted by Crippen LogP contribution is -2.42. The zero-order valence-corrected chi connectivity index (χ0v) is 23.4. The van der Waals surface area contributed by atoms with Gasteiger partial charge in [-0.3, -0.25) is 4.79 Å². The van der Waals surface area contributed by atoms with Crippen LogP contribution in [0.5, 0.6) is 0 Å². The number of fused-ring (bicyclic) bond motifs is 1. The predicted molar refractivity (Wildman–Crippen MR) is 134 cm³/mol. The Morgan fingerprint density at radius 2 is 1.65 bits per heavy atom. The maximum absolute atomic E-state index is 12.7. The summed E-state index contributed by atoms with van der Waals surface area (Å²) in [5.41, 5.74) is 4.28. The topological polar surface area (TPSA) is 133 Å². The monoisotopic (exact) mass is 640 g/mol. The van der Waals surface area contributed by atoms with Gasteiger partial charge in [-0.05, 0) is 44.7 Å². The Morgan fingerprint density at radius 3 is 2.05 bits per heavy atom. The van der Waals surface area contributed by atoms with E-state index in [2.05, 4.69) is 15.8 Å². The van der Waals surface area contributed by atoms with E-state index < -0.39 is 42.1 Å². The molecule has 0 radical (unpaired) electrons. The van der Waals surface area contributed by atoms with Gasteiger partial charge < -0.3 is 25.8 Å². The van der Waals surface area contributed by atoms with E-state index in [1.807, 2.05) is 11.4 Å². The molecule has 0 aromatic carbocycles. The number of urea groups is 1. The van der Waals surface area contributed by atoms with Gasteiger partial charge >= 0.3 is 24.6 Å². The van der Waals surface area contributed by atoms with Crippen LogP contribution in [0.1, 0.15) is 37.9 Å². The molecule has 4 rings (SSSR count). The van der Waals surface area contributed by atoms with Crippen LogP contribution in [0.25, 0.3) is 5.65 Å². The van der Waals surface area contributed by atoms with Gasteiger partial charge in [-0.15, -0.1) is 0 Å². The van der Waals surface area contributed by atoms with E-state index in [-0.39, 0.29) is 26.0 Å². The minimum atomic E-state index is -4.40. The Labute approximate surface area is 240 Å². The number of methoxy groups -OCH3 is 1. The molecule has 4 N–H and O–H groups in total. The van der Waals surface area contributed by atoms with Gasteiger partial charge in [0.15, 0.2) is 11.2 Å². The van der Waals surface area contributed by atoms with E-state index in [0.717, 1.165) is 25.8 Å². The Kier molecular flexibility index (Phi) is 14.0. The second kappa shape index (κ2) is 15.9. The van der Waals surface area contributed by atoms with Crippen LogP contribution in [0.3, 0.4) is 0 Å². The smallest absolute Gasteiger partial charge is 0.384 e. The van der Waals surface area contributed by atoms with Crippen molar-refractivity contribution in [3.8, 4) is 0 Å². The zero-order valence-electron chi connectivity index (χ0n) is 23.4. The van der Waals surface area contributed by atoms with Gasteiger partial charge in [0.05, 0.1) is 37.2 Å². The third-order valence-electron chi connectivity index (χ3n) is 5.73. The molecule has 1 unspecified atom stereocenters. The first-order valence-corrected chi connectivity index (χ1v) is 12.6. The van der Waals surface area contributed by atoms with Crippen LogP contribution in [-0.4, -0.2) is 84.1 Å². The van der Waals surface area contributed by atoms with Crippen LogP contribution in [0.2, 0.25) is 0 Å². The molecular weight excluding hydrogens is 607 g/mol. The SMILES string of the molecule is COCCc1cnn2cc(CCOC(C)(C)C(F)(F)F)nc2c1.FC(F)(F)C1CC1.NC=O.O=C1NCC(C(F)(F)F)N1. The Bertz CT molecular complexity index is 1150. The highest BCUT2D eigenvalue weighted by Gasteiger charge is 2.48. The highest BCUT2D eigenvalue weighted by Crippen LogP contribution is 2.43. The molecule has 1 aliphatic carbocycles. The van der Waals surface area contributed by atoms with Crippen molar-refractivity contribution in [3.63, 3.8) is 0 Å². The first-order valence-electron chi connectivity index (χ1n) is 12.6. The lowest BCUT2D eigenvalue weighted by atomic mass is 10.1. The van der Waals surface area contributed by atoms with Gasteiger partial charge in [-0.2, -0.15) is 44.6 Å². The third-order valence-corrected chi connectivity index (χ3v) is 5.73. The van der Waals surface area contributed by atoms with E-state index in [1.165, 1.54) is 0 Å². The van der Waals surface area contributed by atoms with E-state index >= 15 is 0 Å². The average molecular weight is 641 g/mol. The van der Waals surface area contributed by atoms with Crippen LogP contribution in [-0.2, 0) is 27.1 Å². The highest BCUT2D eigenvalue weighted by atomic mass is 19.4. The quantitative estimate of drug-likeness (QED) is 0.308. The number of carbonyl (C=O) groups excluding carboxylic acids is 2. The van der Waals surface area contributed by atoms with Crippen molar-refractivity contribution in [2.24, 2.45) is 11.7 Å². The molecule has 2 aromatic rings. The fourth-order valence-electron chi connectivity index (χ4n) is 3.00. The summed E-state index contributed by atoms with van der Waals surface area (Å²) in [4.78, 5) is 23.1. The number of nitrogens with zero attached hydrogens (tertiary/aromatic N) is 3. The normalized spacial score (nSPS) is 16.9. The number of ether oxygens (including phenoxy) is 2. The number of hydrogen-bond donors (Lipinski definition) is 3. The minimum absolute atomic E-state index is 0.0626. The number of rotatable bonds is 7. The van der Waals surface area contributed by atoms with Crippen molar-refractivity contribution in [3.05, 3.63) is 29.7 Å². The van der Waals surface area contributed by atoms with Crippen LogP contribution in [0, 0.1) is 5.92 Å². The number of imidazole rings is 1. The number of alkyl halides is 9. The first-order chi connectivity index (χ1) is 19.7. The summed E-state index contributed by atoms with van der Waals surface area (Å²) >= 11 is 0. The standard InChI is InChI=1S/C15H20F3N3O2.C4H5F3N2O.C4H5F3.CH3NO/c1-14(2,15(16,17)18)23-7-5-12-10-21-13(20-12)8-11(9-19-21)4-6-22-3;5-4(6,7)2-1-8-3(10)9-2;5-4(6,7)3-1-2-3;2-1-3/h8-10H,4-7H2,1-3H3;2H,1H2,(H2,8,9,10);3H,1-2H2;1H,(H2,2,3). The fraction of sp³-hybridized carbons (Fsp3) is 0.667. The summed E-state index contributed by atoms with van der Waals surface area (Å²) in [7, 11) is 1.63. The number of nitrogens with one attached hydrogen (secondary N) is 2. The summed E-state index contributed by atoms with van der Waals surface area (Å²) in [6.07, 6.45) is -7.24. The van der Waals surface area contributed by atoms with E-state index in [4.69, 9.17) is 14.3 Å². The molecule has 10 nitrogen and oxygen atoms in total. The Hall–Kier alpha value is -3.35. The van der Waals surface area contributed by atoms with Crippen molar-refractivity contribution in [1.82, 2.24) is 25.2 Å². The van der Waals surface area contributed by atoms with Crippen molar-refractivity contribution < 1.29 is 58.6 Å². The van der Waals surface area contributed by atoms with E-state index in [1.54, 1.807) is 29.3 Å². The highest BCUT2D eigenvalue weighted by molar-refractivity contribution is 5.76. The van der Waals surface area contributed by atoms with Crippen LogP contribution >= 0.6 is 0 Å². The van der Waals surface area contributed by atoms with Gasteiger partial charge in [-0.25, -0.2) is 14.3 Å². The van der Waals surface area contributed by atoms with Gasteiger partial charge in [0, 0.05) is 20.1 Å². The lowest BCUT2D eigenvalue weighted by molar-refractivity contribution is -0.263. The number of carbonyl (C=O) groups is 2. The predicted octanol–water partition coefficient (Wildman–Crippen LogP) is 4.11. The second-order valence-corrected chi connectivity index (χ2v) is 9.65. The molecule has 1 saturated heterocycles.